The second-order valence-corrected chi connectivity index (χ2v) is 7.51. The number of likely N-dealkylation sites (tertiary alicyclic amines) is 1. The molecule has 1 aromatic heterocycles. The van der Waals surface area contributed by atoms with Gasteiger partial charge in [0.05, 0.1) is 6.54 Å². The number of para-hydroxylation sites is 1. The molecule has 3 rings (SSSR count). The number of piperidine rings is 1. The molecule has 5 nitrogen and oxygen atoms in total. The minimum absolute atomic E-state index is 0.00471. The Hall–Kier alpha value is -2.30. The first kappa shape index (κ1) is 16.6. The quantitative estimate of drug-likeness (QED) is 0.867. The second-order valence-electron chi connectivity index (χ2n) is 7.51. The highest BCUT2D eigenvalue weighted by Crippen LogP contribution is 2.34. The fourth-order valence-corrected chi connectivity index (χ4v) is 3.43. The zero-order valence-electron chi connectivity index (χ0n) is 14.7. The Balaban J connectivity index is 1.89. The minimum atomic E-state index is -0.566. The largest absolute Gasteiger partial charge is 0.444 e. The fourth-order valence-electron chi connectivity index (χ4n) is 3.43. The van der Waals surface area contributed by atoms with Gasteiger partial charge in [-0.25, -0.2) is 4.79 Å². The average Bonchev–Trinajstić information content (AvgIpc) is 2.80. The number of nitrogens with one attached hydrogen (secondary N) is 1. The van der Waals surface area contributed by atoms with Gasteiger partial charge in [-0.1, -0.05) is 18.2 Å². The van der Waals surface area contributed by atoms with Crippen molar-refractivity contribution in [3.8, 4) is 0 Å². The molecule has 1 amide bonds. The maximum atomic E-state index is 12.4. The summed E-state index contributed by atoms with van der Waals surface area (Å²) in [5.74, 6) is 0.0664. The number of aryl methyl sites for hydroxylation is 1. The molecule has 1 N–H and O–H groups in total. The van der Waals surface area contributed by atoms with Crippen LogP contribution >= 0.6 is 0 Å². The third-order valence-corrected chi connectivity index (χ3v) is 4.29. The van der Waals surface area contributed by atoms with Crippen LogP contribution in [0.15, 0.2) is 24.3 Å². The molecule has 0 radical (unpaired) electrons. The van der Waals surface area contributed by atoms with Gasteiger partial charge in [-0.3, -0.25) is 4.79 Å². The van der Waals surface area contributed by atoms with E-state index >= 15 is 0 Å². The van der Waals surface area contributed by atoms with E-state index in [1.54, 1.807) is 0 Å². The third-order valence-electron chi connectivity index (χ3n) is 4.29. The van der Waals surface area contributed by atoms with E-state index in [-0.39, 0.29) is 18.2 Å². The summed E-state index contributed by atoms with van der Waals surface area (Å²) in [6, 6.07) is 8.07. The van der Waals surface area contributed by atoms with Crippen LogP contribution in [0.1, 0.15) is 44.4 Å². The van der Waals surface area contributed by atoms with E-state index in [1.807, 2.05) is 45.9 Å². The number of H-pyrrole nitrogens is 1. The number of aromatic nitrogens is 1. The van der Waals surface area contributed by atoms with Gasteiger partial charge in [0.25, 0.3) is 0 Å². The zero-order chi connectivity index (χ0) is 17.5. The lowest BCUT2D eigenvalue weighted by atomic mass is 9.88. The molecule has 24 heavy (non-hydrogen) atoms. The van der Waals surface area contributed by atoms with Crippen molar-refractivity contribution in [1.29, 1.82) is 0 Å². The Bertz CT molecular complexity index is 785. The van der Waals surface area contributed by atoms with E-state index in [0.29, 0.717) is 13.0 Å². The number of hydrogen-bond donors (Lipinski definition) is 1. The molecule has 0 saturated carbocycles. The Morgan fingerprint density at radius 3 is 2.71 bits per heavy atom. The summed E-state index contributed by atoms with van der Waals surface area (Å²) in [6.07, 6.45) is 0.0418. The van der Waals surface area contributed by atoms with Crippen LogP contribution in [-0.2, 0) is 9.53 Å². The Morgan fingerprint density at radius 2 is 2.00 bits per heavy atom. The molecule has 1 unspecified atom stereocenters. The average molecular weight is 328 g/mol. The molecule has 1 aromatic carbocycles. The highest BCUT2D eigenvalue weighted by molar-refractivity contribution is 5.89. The number of aromatic amines is 1. The van der Waals surface area contributed by atoms with Crippen molar-refractivity contribution in [2.75, 3.05) is 13.1 Å². The van der Waals surface area contributed by atoms with E-state index in [0.717, 1.165) is 22.2 Å². The standard InChI is InChI=1S/C19H24N2O3/c1-12-17(15-7-5-6-8-16(15)20-12)13-9-14(22)11-21(10-13)18(23)24-19(2,3)4/h5-8,13,20H,9-11H2,1-4H3. The van der Waals surface area contributed by atoms with Crippen LogP contribution < -0.4 is 0 Å². The van der Waals surface area contributed by atoms with Gasteiger partial charge in [0.2, 0.25) is 0 Å². The molecule has 5 heteroatoms. The van der Waals surface area contributed by atoms with Gasteiger partial charge in [-0.2, -0.15) is 0 Å². The van der Waals surface area contributed by atoms with Gasteiger partial charge >= 0.3 is 6.09 Å². The number of rotatable bonds is 1. The van der Waals surface area contributed by atoms with Crippen LogP contribution in [0.5, 0.6) is 0 Å². The lowest BCUT2D eigenvalue weighted by Crippen LogP contribution is -2.45. The second kappa shape index (κ2) is 5.96. The first-order chi connectivity index (χ1) is 11.2. The Kier molecular flexibility index (Phi) is 4.11. The van der Waals surface area contributed by atoms with Crippen LogP contribution in [0.4, 0.5) is 4.79 Å². The Labute approximate surface area is 142 Å². The van der Waals surface area contributed by atoms with Crippen LogP contribution in [0.25, 0.3) is 10.9 Å². The molecule has 128 valence electrons. The lowest BCUT2D eigenvalue weighted by molar-refractivity contribution is -0.122. The van der Waals surface area contributed by atoms with Crippen molar-refractivity contribution >= 4 is 22.8 Å². The first-order valence-corrected chi connectivity index (χ1v) is 8.31. The van der Waals surface area contributed by atoms with E-state index in [4.69, 9.17) is 4.74 Å². The number of nitrogens with zero attached hydrogens (tertiary/aromatic N) is 1. The highest BCUT2D eigenvalue weighted by atomic mass is 16.6. The van der Waals surface area contributed by atoms with Crippen LogP contribution in [0, 0.1) is 6.92 Å². The highest BCUT2D eigenvalue weighted by Gasteiger charge is 2.33. The maximum absolute atomic E-state index is 12.4. The number of ether oxygens (including phenoxy) is 1. The molecule has 0 spiro atoms. The predicted molar refractivity (Wildman–Crippen MR) is 93.2 cm³/mol. The van der Waals surface area contributed by atoms with Crippen molar-refractivity contribution in [1.82, 2.24) is 9.88 Å². The van der Waals surface area contributed by atoms with Gasteiger partial charge in [0, 0.05) is 35.5 Å². The van der Waals surface area contributed by atoms with Gasteiger partial charge in [-0.05, 0) is 39.3 Å². The normalized spacial score (nSPS) is 18.9. The summed E-state index contributed by atoms with van der Waals surface area (Å²) >= 11 is 0. The summed E-state index contributed by atoms with van der Waals surface area (Å²) < 4.78 is 5.44. The SMILES string of the molecule is Cc1[nH]c2ccccc2c1C1CC(=O)CN(C(=O)OC(C)(C)C)C1. The molecule has 0 aliphatic carbocycles. The lowest BCUT2D eigenvalue weighted by Gasteiger charge is -2.33. The van der Waals surface area contributed by atoms with Crippen molar-refractivity contribution in [3.63, 3.8) is 0 Å². The zero-order valence-corrected chi connectivity index (χ0v) is 14.7. The number of fused-ring (bicyclic) bond motifs is 1. The minimum Gasteiger partial charge on any atom is -0.444 e. The topological polar surface area (TPSA) is 62.4 Å². The molecule has 2 aromatic rings. The monoisotopic (exact) mass is 328 g/mol. The molecule has 1 fully saturated rings. The van der Waals surface area contributed by atoms with Crippen molar-refractivity contribution in [2.24, 2.45) is 0 Å². The van der Waals surface area contributed by atoms with Crippen molar-refractivity contribution < 1.29 is 14.3 Å². The predicted octanol–water partition coefficient (Wildman–Crippen LogP) is 3.77. The number of hydrogen-bond acceptors (Lipinski definition) is 3. The summed E-state index contributed by atoms with van der Waals surface area (Å²) in [4.78, 5) is 29.5. The number of benzene rings is 1. The Morgan fingerprint density at radius 1 is 1.29 bits per heavy atom. The van der Waals surface area contributed by atoms with E-state index < -0.39 is 11.7 Å². The number of ketones is 1. The summed E-state index contributed by atoms with van der Waals surface area (Å²) in [7, 11) is 0. The van der Waals surface area contributed by atoms with Crippen molar-refractivity contribution in [2.45, 2.75) is 45.6 Å². The number of amides is 1. The summed E-state index contributed by atoms with van der Waals surface area (Å²) in [5, 5.41) is 1.12. The molecule has 1 aliphatic rings. The fraction of sp³-hybridized carbons (Fsp3) is 0.474. The van der Waals surface area contributed by atoms with Crippen LogP contribution in [0.2, 0.25) is 0 Å². The first-order valence-electron chi connectivity index (χ1n) is 8.31. The third kappa shape index (κ3) is 3.30. The van der Waals surface area contributed by atoms with Crippen molar-refractivity contribution in [3.05, 3.63) is 35.5 Å². The molecular formula is C19H24N2O3. The van der Waals surface area contributed by atoms with Crippen LogP contribution in [0.3, 0.4) is 0 Å². The van der Waals surface area contributed by atoms with Crippen LogP contribution in [-0.4, -0.2) is 40.5 Å². The molecule has 2 heterocycles. The number of carbonyl (C=O) groups excluding carboxylic acids is 2. The smallest absolute Gasteiger partial charge is 0.410 e. The summed E-state index contributed by atoms with van der Waals surface area (Å²) in [6.45, 7) is 8.15. The van der Waals surface area contributed by atoms with E-state index in [9.17, 15) is 9.59 Å². The molecule has 1 aliphatic heterocycles. The number of carbonyl (C=O) groups is 2. The van der Waals surface area contributed by atoms with Gasteiger partial charge in [0.1, 0.15) is 5.60 Å². The van der Waals surface area contributed by atoms with Gasteiger partial charge in [-0.15, -0.1) is 0 Å². The van der Waals surface area contributed by atoms with E-state index in [2.05, 4.69) is 11.1 Å². The molecule has 1 saturated heterocycles. The molecule has 0 bridgehead atoms. The number of Topliss-reactive ketones (excluding diaryl/α,β-unsaturated/α-hetero) is 1. The van der Waals surface area contributed by atoms with Gasteiger partial charge in [0.15, 0.2) is 5.78 Å². The van der Waals surface area contributed by atoms with E-state index in [1.165, 1.54) is 4.90 Å². The molecular weight excluding hydrogens is 304 g/mol. The maximum Gasteiger partial charge on any atom is 0.410 e. The molecule has 1 atom stereocenters. The van der Waals surface area contributed by atoms with Gasteiger partial charge < -0.3 is 14.6 Å². The summed E-state index contributed by atoms with van der Waals surface area (Å²) in [5.41, 5.74) is 2.68.